The van der Waals surface area contributed by atoms with Crippen LogP contribution in [-0.4, -0.2) is 22.7 Å². The van der Waals surface area contributed by atoms with Crippen LogP contribution in [0, 0.1) is 0 Å². The molecule has 76 valence electrons. The molecule has 1 atom stereocenters. The van der Waals surface area contributed by atoms with Crippen LogP contribution in [0.3, 0.4) is 0 Å². The molecule has 14 heavy (non-hydrogen) atoms. The summed E-state index contributed by atoms with van der Waals surface area (Å²) >= 11 is 0. The van der Waals surface area contributed by atoms with E-state index in [0.29, 0.717) is 12.6 Å². The fraction of sp³-hybridized carbons (Fsp3) is 0.545. The van der Waals surface area contributed by atoms with Gasteiger partial charge in [-0.25, -0.2) is 0 Å². The van der Waals surface area contributed by atoms with Gasteiger partial charge in [0, 0.05) is 18.8 Å². The maximum absolute atomic E-state index is 10.1. The molecule has 0 radical (unpaired) electrons. The van der Waals surface area contributed by atoms with Crippen molar-refractivity contribution in [3.63, 3.8) is 0 Å². The highest BCUT2D eigenvalue weighted by atomic mass is 16.3. The molecule has 1 unspecified atom stereocenters. The van der Waals surface area contributed by atoms with Gasteiger partial charge in [0.05, 0.1) is 5.69 Å². The van der Waals surface area contributed by atoms with Crippen LogP contribution in [0.5, 0.6) is 0 Å². The predicted octanol–water partition coefficient (Wildman–Crippen LogP) is 1.04. The van der Waals surface area contributed by atoms with Gasteiger partial charge in [0.2, 0.25) is 0 Å². The van der Waals surface area contributed by atoms with Gasteiger partial charge in [-0.05, 0) is 31.9 Å². The molecule has 0 aromatic carbocycles. The summed E-state index contributed by atoms with van der Waals surface area (Å²) in [6, 6.07) is 6.22. The van der Waals surface area contributed by atoms with Gasteiger partial charge in [-0.3, -0.25) is 4.98 Å². The molecule has 0 saturated heterocycles. The Labute approximate surface area is 84.2 Å². The van der Waals surface area contributed by atoms with E-state index in [0.717, 1.165) is 5.69 Å². The molecule has 2 N–H and O–H groups in total. The van der Waals surface area contributed by atoms with Gasteiger partial charge in [0.1, 0.15) is 5.60 Å². The molecule has 3 heteroatoms. The molecule has 0 amide bonds. The molecule has 1 heterocycles. The largest absolute Gasteiger partial charge is 0.383 e. The summed E-state index contributed by atoms with van der Waals surface area (Å²) in [5.74, 6) is 0. The number of nitrogens with one attached hydrogen (secondary N) is 1. The first-order valence-corrected chi connectivity index (χ1v) is 5.06. The van der Waals surface area contributed by atoms with E-state index >= 15 is 0 Å². The number of nitrogens with zero attached hydrogens (tertiary/aromatic N) is 1. The van der Waals surface area contributed by atoms with E-state index in [-0.39, 0.29) is 0 Å². The lowest BCUT2D eigenvalue weighted by atomic mass is 10.0. The van der Waals surface area contributed by atoms with Crippen molar-refractivity contribution in [1.82, 2.24) is 10.3 Å². The highest BCUT2D eigenvalue weighted by Crippen LogP contribution is 2.22. The minimum Gasteiger partial charge on any atom is -0.383 e. The summed E-state index contributed by atoms with van der Waals surface area (Å²) in [4.78, 5) is 4.16. The Morgan fingerprint density at radius 3 is 2.93 bits per heavy atom. The first-order valence-electron chi connectivity index (χ1n) is 5.06. The molecule has 1 fully saturated rings. The van der Waals surface area contributed by atoms with Gasteiger partial charge in [-0.1, -0.05) is 6.07 Å². The van der Waals surface area contributed by atoms with Gasteiger partial charge >= 0.3 is 0 Å². The van der Waals surface area contributed by atoms with E-state index in [9.17, 15) is 5.11 Å². The summed E-state index contributed by atoms with van der Waals surface area (Å²) in [5.41, 5.74) is -0.128. The summed E-state index contributed by atoms with van der Waals surface area (Å²) in [6.07, 6.45) is 4.18. The molecule has 1 aliphatic rings. The van der Waals surface area contributed by atoms with Crippen molar-refractivity contribution in [2.24, 2.45) is 0 Å². The maximum Gasteiger partial charge on any atom is 0.116 e. The Morgan fingerprint density at radius 2 is 2.36 bits per heavy atom. The van der Waals surface area contributed by atoms with E-state index in [1.807, 2.05) is 18.2 Å². The lowest BCUT2D eigenvalue weighted by Crippen LogP contribution is -2.37. The number of hydrogen-bond donors (Lipinski definition) is 2. The third-order valence-electron chi connectivity index (χ3n) is 2.53. The highest BCUT2D eigenvalue weighted by molar-refractivity contribution is 5.12. The Bertz CT molecular complexity index is 293. The third-order valence-corrected chi connectivity index (χ3v) is 2.53. The molecule has 1 aliphatic carbocycles. The first-order chi connectivity index (χ1) is 6.68. The summed E-state index contributed by atoms with van der Waals surface area (Å²) < 4.78 is 0. The zero-order valence-corrected chi connectivity index (χ0v) is 8.40. The molecule has 0 bridgehead atoms. The fourth-order valence-corrected chi connectivity index (χ4v) is 1.40. The molecule has 1 saturated carbocycles. The Kier molecular flexibility index (Phi) is 2.52. The van der Waals surface area contributed by atoms with Gasteiger partial charge < -0.3 is 10.4 Å². The van der Waals surface area contributed by atoms with E-state index in [2.05, 4.69) is 10.3 Å². The Morgan fingerprint density at radius 1 is 1.57 bits per heavy atom. The summed E-state index contributed by atoms with van der Waals surface area (Å²) in [5, 5.41) is 13.4. The number of rotatable bonds is 4. The fourth-order valence-electron chi connectivity index (χ4n) is 1.40. The smallest absolute Gasteiger partial charge is 0.116 e. The number of aromatic nitrogens is 1. The van der Waals surface area contributed by atoms with Crippen molar-refractivity contribution >= 4 is 0 Å². The lowest BCUT2D eigenvalue weighted by Gasteiger charge is -2.22. The van der Waals surface area contributed by atoms with Crippen LogP contribution in [0.4, 0.5) is 0 Å². The molecule has 1 aromatic rings. The van der Waals surface area contributed by atoms with Gasteiger partial charge in [-0.2, -0.15) is 0 Å². The van der Waals surface area contributed by atoms with Crippen LogP contribution in [0.1, 0.15) is 25.5 Å². The lowest BCUT2D eigenvalue weighted by molar-refractivity contribution is 0.0521. The zero-order chi connectivity index (χ0) is 10.0. The maximum atomic E-state index is 10.1. The molecule has 0 spiro atoms. The molecule has 1 aromatic heterocycles. The molecular formula is C11H16N2O. The quantitative estimate of drug-likeness (QED) is 0.749. The van der Waals surface area contributed by atoms with E-state index in [1.165, 1.54) is 12.8 Å². The normalized spacial score (nSPS) is 20.4. The van der Waals surface area contributed by atoms with Crippen molar-refractivity contribution in [2.75, 3.05) is 6.54 Å². The Hall–Kier alpha value is -0.930. The minimum atomic E-state index is -0.857. The van der Waals surface area contributed by atoms with E-state index < -0.39 is 5.60 Å². The van der Waals surface area contributed by atoms with Crippen LogP contribution in [0.2, 0.25) is 0 Å². The van der Waals surface area contributed by atoms with Crippen molar-refractivity contribution in [3.8, 4) is 0 Å². The minimum absolute atomic E-state index is 0.578. The van der Waals surface area contributed by atoms with Crippen molar-refractivity contribution < 1.29 is 5.11 Å². The average Bonchev–Trinajstić information content (AvgIpc) is 3.00. The summed E-state index contributed by atoms with van der Waals surface area (Å²) in [6.45, 7) is 2.37. The van der Waals surface area contributed by atoms with Gasteiger partial charge in [-0.15, -0.1) is 0 Å². The van der Waals surface area contributed by atoms with Crippen LogP contribution in [0.15, 0.2) is 24.4 Å². The van der Waals surface area contributed by atoms with E-state index in [1.54, 1.807) is 13.1 Å². The standard InChI is InChI=1S/C11H16N2O/c1-11(14,8-13-9-5-6-9)10-4-2-3-7-12-10/h2-4,7,9,13-14H,5-6,8H2,1H3. The Balaban J connectivity index is 1.99. The van der Waals surface area contributed by atoms with Crippen LogP contribution in [0.25, 0.3) is 0 Å². The van der Waals surface area contributed by atoms with Crippen LogP contribution >= 0.6 is 0 Å². The van der Waals surface area contributed by atoms with Crippen molar-refractivity contribution in [3.05, 3.63) is 30.1 Å². The first kappa shape index (κ1) is 9.62. The second kappa shape index (κ2) is 3.67. The average molecular weight is 192 g/mol. The summed E-state index contributed by atoms with van der Waals surface area (Å²) in [7, 11) is 0. The molecule has 3 nitrogen and oxygen atoms in total. The number of pyridine rings is 1. The van der Waals surface area contributed by atoms with Crippen LogP contribution < -0.4 is 5.32 Å². The van der Waals surface area contributed by atoms with Crippen LogP contribution in [-0.2, 0) is 5.60 Å². The van der Waals surface area contributed by atoms with Crippen molar-refractivity contribution in [1.29, 1.82) is 0 Å². The number of aliphatic hydroxyl groups is 1. The third kappa shape index (κ3) is 2.30. The van der Waals surface area contributed by atoms with E-state index in [4.69, 9.17) is 0 Å². The molecular weight excluding hydrogens is 176 g/mol. The second-order valence-corrected chi connectivity index (χ2v) is 4.14. The molecule has 0 aliphatic heterocycles. The molecule has 2 rings (SSSR count). The monoisotopic (exact) mass is 192 g/mol. The highest BCUT2D eigenvalue weighted by Gasteiger charge is 2.28. The zero-order valence-electron chi connectivity index (χ0n) is 8.40. The number of hydrogen-bond acceptors (Lipinski definition) is 3. The SMILES string of the molecule is CC(O)(CNC1CC1)c1ccccn1. The van der Waals surface area contributed by atoms with Gasteiger partial charge in [0.15, 0.2) is 0 Å². The predicted molar refractivity (Wildman–Crippen MR) is 54.8 cm³/mol. The topological polar surface area (TPSA) is 45.1 Å². The van der Waals surface area contributed by atoms with Crippen molar-refractivity contribution in [2.45, 2.75) is 31.4 Å². The van der Waals surface area contributed by atoms with Gasteiger partial charge in [0.25, 0.3) is 0 Å². The second-order valence-electron chi connectivity index (χ2n) is 4.14.